The predicted octanol–water partition coefficient (Wildman–Crippen LogP) is 1.68. The summed E-state index contributed by atoms with van der Waals surface area (Å²) in [5, 5.41) is 0. The molecular formula is C14H19NO4S. The topological polar surface area (TPSA) is 63.7 Å². The van der Waals surface area contributed by atoms with Crippen LogP contribution in [0.2, 0.25) is 0 Å². The van der Waals surface area contributed by atoms with Gasteiger partial charge in [-0.05, 0) is 44.0 Å². The minimum Gasteiger partial charge on any atom is -0.497 e. The Balaban J connectivity index is 2.13. The maximum atomic E-state index is 12.5. The number of hydrogen-bond acceptors (Lipinski definition) is 4. The summed E-state index contributed by atoms with van der Waals surface area (Å²) < 4.78 is 31.4. The minimum absolute atomic E-state index is 0.00248. The highest BCUT2D eigenvalue weighted by atomic mass is 32.2. The van der Waals surface area contributed by atoms with Crippen LogP contribution in [-0.4, -0.2) is 38.7 Å². The summed E-state index contributed by atoms with van der Waals surface area (Å²) in [5.41, 5.74) is 0. The average Bonchev–Trinajstić information content (AvgIpc) is 2.47. The third-order valence-electron chi connectivity index (χ3n) is 3.73. The van der Waals surface area contributed by atoms with E-state index in [2.05, 4.69) is 0 Å². The number of hydrogen-bond donors (Lipinski definition) is 0. The molecule has 5 nitrogen and oxygen atoms in total. The van der Waals surface area contributed by atoms with E-state index in [1.807, 2.05) is 0 Å². The summed E-state index contributed by atoms with van der Waals surface area (Å²) in [6.45, 7) is 2.37. The second-order valence-corrected chi connectivity index (χ2v) is 6.90. The molecule has 1 saturated heterocycles. The molecule has 0 atom stereocenters. The van der Waals surface area contributed by atoms with E-state index < -0.39 is 10.0 Å². The van der Waals surface area contributed by atoms with Crippen LogP contribution in [0, 0.1) is 5.92 Å². The van der Waals surface area contributed by atoms with Crippen molar-refractivity contribution in [3.05, 3.63) is 24.3 Å². The average molecular weight is 297 g/mol. The van der Waals surface area contributed by atoms with Crippen LogP contribution < -0.4 is 4.74 Å². The molecule has 1 aromatic rings. The fourth-order valence-corrected chi connectivity index (χ4v) is 3.87. The number of nitrogens with zero attached hydrogens (tertiary/aromatic N) is 1. The summed E-state index contributed by atoms with van der Waals surface area (Å²) in [6, 6.07) is 6.36. The van der Waals surface area contributed by atoms with Crippen molar-refractivity contribution in [2.45, 2.75) is 24.7 Å². The smallest absolute Gasteiger partial charge is 0.243 e. The van der Waals surface area contributed by atoms with E-state index in [9.17, 15) is 13.2 Å². The van der Waals surface area contributed by atoms with Crippen molar-refractivity contribution in [3.8, 4) is 5.75 Å². The van der Waals surface area contributed by atoms with Gasteiger partial charge >= 0.3 is 0 Å². The molecule has 0 amide bonds. The molecule has 110 valence electrons. The van der Waals surface area contributed by atoms with Crippen LogP contribution in [0.25, 0.3) is 0 Å². The maximum Gasteiger partial charge on any atom is 0.243 e. The lowest BCUT2D eigenvalue weighted by molar-refractivity contribution is -0.121. The second kappa shape index (κ2) is 5.93. The Kier molecular flexibility index (Phi) is 4.45. The van der Waals surface area contributed by atoms with Gasteiger partial charge in [-0.3, -0.25) is 4.79 Å². The Morgan fingerprint density at radius 3 is 2.20 bits per heavy atom. The molecule has 1 aromatic carbocycles. The number of ketones is 1. The Bertz CT molecular complexity index is 572. The molecule has 1 aliphatic rings. The molecule has 0 bridgehead atoms. The van der Waals surface area contributed by atoms with E-state index in [1.54, 1.807) is 31.2 Å². The summed E-state index contributed by atoms with van der Waals surface area (Å²) >= 11 is 0. The van der Waals surface area contributed by atoms with Gasteiger partial charge < -0.3 is 4.74 Å². The van der Waals surface area contributed by atoms with Crippen molar-refractivity contribution in [1.29, 1.82) is 0 Å². The molecule has 0 aliphatic carbocycles. The molecule has 0 unspecified atom stereocenters. The fraction of sp³-hybridized carbons (Fsp3) is 0.500. The highest BCUT2D eigenvalue weighted by Crippen LogP contribution is 2.25. The molecule has 0 aromatic heterocycles. The van der Waals surface area contributed by atoms with Crippen LogP contribution in [-0.2, 0) is 14.8 Å². The van der Waals surface area contributed by atoms with Gasteiger partial charge in [0.15, 0.2) is 0 Å². The number of ether oxygens (including phenoxy) is 1. The van der Waals surface area contributed by atoms with E-state index in [4.69, 9.17) is 4.74 Å². The van der Waals surface area contributed by atoms with Crippen molar-refractivity contribution in [1.82, 2.24) is 4.31 Å². The molecular weight excluding hydrogens is 278 g/mol. The van der Waals surface area contributed by atoms with E-state index in [-0.39, 0.29) is 16.6 Å². The number of methoxy groups -OCH3 is 1. The Labute approximate surface area is 119 Å². The zero-order valence-electron chi connectivity index (χ0n) is 11.7. The molecule has 1 aliphatic heterocycles. The van der Waals surface area contributed by atoms with Crippen molar-refractivity contribution >= 4 is 15.8 Å². The van der Waals surface area contributed by atoms with Crippen molar-refractivity contribution < 1.29 is 17.9 Å². The van der Waals surface area contributed by atoms with Gasteiger partial charge in [0.1, 0.15) is 11.5 Å². The standard InChI is InChI=1S/C14H19NO4S/c1-11(16)12-7-9-15(10-8-12)20(17,18)14-5-3-13(19-2)4-6-14/h3-6,12H,7-10H2,1-2H3. The monoisotopic (exact) mass is 297 g/mol. The number of piperidine rings is 1. The molecule has 2 rings (SSSR count). The van der Waals surface area contributed by atoms with E-state index in [0.717, 1.165) is 0 Å². The summed E-state index contributed by atoms with van der Waals surface area (Å²) in [7, 11) is -1.93. The van der Waals surface area contributed by atoms with Crippen LogP contribution in [0.3, 0.4) is 0 Å². The van der Waals surface area contributed by atoms with Crippen LogP contribution in [0.1, 0.15) is 19.8 Å². The van der Waals surface area contributed by atoms with E-state index in [1.165, 1.54) is 11.4 Å². The summed E-state index contributed by atoms with van der Waals surface area (Å²) in [5.74, 6) is 0.767. The molecule has 0 spiro atoms. The van der Waals surface area contributed by atoms with Crippen molar-refractivity contribution in [2.75, 3.05) is 20.2 Å². The SMILES string of the molecule is COc1ccc(S(=O)(=O)N2CCC(C(C)=O)CC2)cc1. The third kappa shape index (κ3) is 3.02. The Morgan fingerprint density at radius 1 is 1.20 bits per heavy atom. The lowest BCUT2D eigenvalue weighted by Crippen LogP contribution is -2.39. The molecule has 0 N–H and O–H groups in total. The number of benzene rings is 1. The highest BCUT2D eigenvalue weighted by Gasteiger charge is 2.30. The molecule has 1 heterocycles. The summed E-state index contributed by atoms with van der Waals surface area (Å²) in [6.07, 6.45) is 1.20. The van der Waals surface area contributed by atoms with Crippen LogP contribution >= 0.6 is 0 Å². The van der Waals surface area contributed by atoms with Gasteiger partial charge in [-0.15, -0.1) is 0 Å². The quantitative estimate of drug-likeness (QED) is 0.848. The number of rotatable bonds is 4. The Morgan fingerprint density at radius 2 is 1.75 bits per heavy atom. The van der Waals surface area contributed by atoms with Gasteiger partial charge in [-0.1, -0.05) is 0 Å². The predicted molar refractivity (Wildman–Crippen MR) is 75.2 cm³/mol. The van der Waals surface area contributed by atoms with Crippen molar-refractivity contribution in [3.63, 3.8) is 0 Å². The molecule has 20 heavy (non-hydrogen) atoms. The normalized spacial score (nSPS) is 17.9. The van der Waals surface area contributed by atoms with E-state index in [0.29, 0.717) is 31.7 Å². The number of carbonyl (C=O) groups is 1. The molecule has 6 heteroatoms. The first-order valence-corrected chi connectivity index (χ1v) is 8.04. The molecule has 1 fully saturated rings. The number of carbonyl (C=O) groups excluding carboxylic acids is 1. The number of Topliss-reactive ketones (excluding diaryl/α,β-unsaturated/α-hetero) is 1. The zero-order valence-corrected chi connectivity index (χ0v) is 12.5. The van der Waals surface area contributed by atoms with Crippen LogP contribution in [0.4, 0.5) is 0 Å². The Hall–Kier alpha value is -1.40. The first-order chi connectivity index (χ1) is 9.45. The summed E-state index contributed by atoms with van der Waals surface area (Å²) in [4.78, 5) is 11.6. The largest absolute Gasteiger partial charge is 0.497 e. The maximum absolute atomic E-state index is 12.5. The van der Waals surface area contributed by atoms with Gasteiger partial charge in [0.25, 0.3) is 0 Å². The van der Waals surface area contributed by atoms with Gasteiger partial charge in [-0.2, -0.15) is 4.31 Å². The highest BCUT2D eigenvalue weighted by molar-refractivity contribution is 7.89. The van der Waals surface area contributed by atoms with Gasteiger partial charge in [0, 0.05) is 19.0 Å². The van der Waals surface area contributed by atoms with Gasteiger partial charge in [0.2, 0.25) is 10.0 Å². The van der Waals surface area contributed by atoms with E-state index >= 15 is 0 Å². The van der Waals surface area contributed by atoms with Gasteiger partial charge in [0.05, 0.1) is 12.0 Å². The fourth-order valence-electron chi connectivity index (χ4n) is 2.40. The first kappa shape index (κ1) is 15.0. The number of sulfonamides is 1. The van der Waals surface area contributed by atoms with Crippen molar-refractivity contribution in [2.24, 2.45) is 5.92 Å². The minimum atomic E-state index is -3.47. The lowest BCUT2D eigenvalue weighted by atomic mass is 9.95. The van der Waals surface area contributed by atoms with Gasteiger partial charge in [-0.25, -0.2) is 8.42 Å². The third-order valence-corrected chi connectivity index (χ3v) is 5.64. The second-order valence-electron chi connectivity index (χ2n) is 4.96. The molecule has 0 radical (unpaired) electrons. The zero-order chi connectivity index (χ0) is 14.8. The first-order valence-electron chi connectivity index (χ1n) is 6.60. The van der Waals surface area contributed by atoms with Crippen LogP contribution in [0.15, 0.2) is 29.2 Å². The lowest BCUT2D eigenvalue weighted by Gasteiger charge is -2.30. The van der Waals surface area contributed by atoms with Crippen LogP contribution in [0.5, 0.6) is 5.75 Å². The molecule has 0 saturated carbocycles.